The van der Waals surface area contributed by atoms with Gasteiger partial charge in [-0.25, -0.2) is 0 Å². The van der Waals surface area contributed by atoms with Crippen molar-refractivity contribution in [3.05, 3.63) is 0 Å². The molecule has 2 nitrogen and oxygen atoms in total. The standard InChI is InChI=1S/C18H36N2S/c1-6-7-19-17-11-14(2)10-15(3)16(17)12-20-8-9-21-18(4,5)13-20/h14-17,19H,6-13H2,1-5H3. The Morgan fingerprint density at radius 1 is 1.24 bits per heavy atom. The first-order valence-electron chi connectivity index (χ1n) is 9.01. The number of rotatable bonds is 5. The molecule has 0 spiro atoms. The lowest BCUT2D eigenvalue weighted by molar-refractivity contribution is 0.0986. The van der Waals surface area contributed by atoms with Gasteiger partial charge in [0.2, 0.25) is 0 Å². The highest BCUT2D eigenvalue weighted by Gasteiger charge is 2.36. The van der Waals surface area contributed by atoms with Gasteiger partial charge in [0.1, 0.15) is 0 Å². The molecule has 1 saturated heterocycles. The van der Waals surface area contributed by atoms with E-state index < -0.39 is 0 Å². The Kier molecular flexibility index (Phi) is 6.46. The summed E-state index contributed by atoms with van der Waals surface area (Å²) in [6.07, 6.45) is 4.04. The van der Waals surface area contributed by atoms with Crippen LogP contribution in [-0.2, 0) is 0 Å². The van der Waals surface area contributed by atoms with Gasteiger partial charge in [0, 0.05) is 36.2 Å². The topological polar surface area (TPSA) is 15.3 Å². The zero-order valence-corrected chi connectivity index (χ0v) is 15.6. The van der Waals surface area contributed by atoms with Crippen LogP contribution in [0.15, 0.2) is 0 Å². The Labute approximate surface area is 136 Å². The van der Waals surface area contributed by atoms with Gasteiger partial charge in [0.15, 0.2) is 0 Å². The molecule has 2 fully saturated rings. The SMILES string of the molecule is CCCNC1CC(C)CC(C)C1CN1CCSC(C)(C)C1. The van der Waals surface area contributed by atoms with Crippen LogP contribution < -0.4 is 5.32 Å². The summed E-state index contributed by atoms with van der Waals surface area (Å²) in [5, 5.41) is 3.86. The molecule has 4 atom stereocenters. The van der Waals surface area contributed by atoms with Crippen LogP contribution in [-0.4, -0.2) is 47.6 Å². The fraction of sp³-hybridized carbons (Fsp3) is 1.00. The average molecular weight is 313 g/mol. The minimum absolute atomic E-state index is 0.440. The van der Waals surface area contributed by atoms with E-state index in [1.165, 1.54) is 51.2 Å². The van der Waals surface area contributed by atoms with Crippen molar-refractivity contribution in [2.45, 2.75) is 64.7 Å². The number of nitrogens with one attached hydrogen (secondary N) is 1. The van der Waals surface area contributed by atoms with Gasteiger partial charge < -0.3 is 10.2 Å². The van der Waals surface area contributed by atoms with E-state index in [0.717, 1.165) is 23.8 Å². The summed E-state index contributed by atoms with van der Waals surface area (Å²) in [7, 11) is 0. The molecule has 0 aromatic rings. The summed E-state index contributed by atoms with van der Waals surface area (Å²) in [5.74, 6) is 3.89. The Morgan fingerprint density at radius 3 is 2.67 bits per heavy atom. The fourth-order valence-electron chi connectivity index (χ4n) is 4.35. The molecule has 3 heteroatoms. The lowest BCUT2D eigenvalue weighted by Gasteiger charge is -2.45. The second-order valence-corrected chi connectivity index (χ2v) is 9.92. The summed E-state index contributed by atoms with van der Waals surface area (Å²) in [6, 6.07) is 0.737. The minimum atomic E-state index is 0.440. The van der Waals surface area contributed by atoms with Crippen molar-refractivity contribution in [2.24, 2.45) is 17.8 Å². The molecule has 0 radical (unpaired) electrons. The molecule has 2 aliphatic rings. The number of thioether (sulfide) groups is 1. The van der Waals surface area contributed by atoms with Crippen LogP contribution in [0, 0.1) is 17.8 Å². The highest BCUT2D eigenvalue weighted by atomic mass is 32.2. The lowest BCUT2D eigenvalue weighted by Crippen LogP contribution is -2.52. The van der Waals surface area contributed by atoms with Crippen molar-refractivity contribution in [3.63, 3.8) is 0 Å². The maximum atomic E-state index is 3.86. The summed E-state index contributed by atoms with van der Waals surface area (Å²) >= 11 is 2.14. The number of hydrogen-bond donors (Lipinski definition) is 1. The van der Waals surface area contributed by atoms with Crippen molar-refractivity contribution in [3.8, 4) is 0 Å². The van der Waals surface area contributed by atoms with Gasteiger partial charge in [-0.05, 0) is 57.4 Å². The van der Waals surface area contributed by atoms with Gasteiger partial charge in [-0.1, -0.05) is 20.8 Å². The molecule has 124 valence electrons. The van der Waals surface area contributed by atoms with Crippen LogP contribution in [0.2, 0.25) is 0 Å². The van der Waals surface area contributed by atoms with Crippen molar-refractivity contribution in [1.82, 2.24) is 10.2 Å². The monoisotopic (exact) mass is 312 g/mol. The summed E-state index contributed by atoms with van der Waals surface area (Å²) in [5.41, 5.74) is 0. The van der Waals surface area contributed by atoms with E-state index >= 15 is 0 Å². The zero-order chi connectivity index (χ0) is 15.5. The first-order chi connectivity index (χ1) is 9.91. The maximum absolute atomic E-state index is 3.86. The first kappa shape index (κ1) is 17.6. The maximum Gasteiger partial charge on any atom is 0.0231 e. The predicted molar refractivity (Wildman–Crippen MR) is 96.1 cm³/mol. The third kappa shape index (κ3) is 5.14. The molecule has 2 rings (SSSR count). The highest BCUT2D eigenvalue weighted by molar-refractivity contribution is 8.00. The smallest absolute Gasteiger partial charge is 0.0231 e. The Balaban J connectivity index is 1.96. The quantitative estimate of drug-likeness (QED) is 0.830. The highest BCUT2D eigenvalue weighted by Crippen LogP contribution is 2.36. The molecule has 1 heterocycles. The van der Waals surface area contributed by atoms with E-state index in [1.54, 1.807) is 0 Å². The Morgan fingerprint density at radius 2 is 2.00 bits per heavy atom. The van der Waals surface area contributed by atoms with Crippen LogP contribution in [0.25, 0.3) is 0 Å². The molecule has 4 unspecified atom stereocenters. The van der Waals surface area contributed by atoms with Crippen LogP contribution >= 0.6 is 11.8 Å². The summed E-state index contributed by atoms with van der Waals surface area (Å²) < 4.78 is 0.440. The molecule has 0 amide bonds. The van der Waals surface area contributed by atoms with Crippen molar-refractivity contribution < 1.29 is 0 Å². The van der Waals surface area contributed by atoms with Crippen LogP contribution in [0.3, 0.4) is 0 Å². The number of hydrogen-bond acceptors (Lipinski definition) is 3. The van der Waals surface area contributed by atoms with Crippen LogP contribution in [0.5, 0.6) is 0 Å². The molecule has 1 saturated carbocycles. The van der Waals surface area contributed by atoms with E-state index in [2.05, 4.69) is 56.6 Å². The normalized spacial score (nSPS) is 37.6. The van der Waals surface area contributed by atoms with Gasteiger partial charge in [-0.2, -0.15) is 11.8 Å². The second kappa shape index (κ2) is 7.70. The molecule has 1 N–H and O–H groups in total. The van der Waals surface area contributed by atoms with E-state index in [0.29, 0.717) is 4.75 Å². The van der Waals surface area contributed by atoms with E-state index in [-0.39, 0.29) is 0 Å². The number of nitrogens with zero attached hydrogens (tertiary/aromatic N) is 1. The van der Waals surface area contributed by atoms with Gasteiger partial charge in [-0.3, -0.25) is 0 Å². The van der Waals surface area contributed by atoms with E-state index in [1.807, 2.05) is 0 Å². The summed E-state index contributed by atoms with van der Waals surface area (Å²) in [6.45, 7) is 17.1. The van der Waals surface area contributed by atoms with Crippen molar-refractivity contribution >= 4 is 11.8 Å². The summed E-state index contributed by atoms with van der Waals surface area (Å²) in [4.78, 5) is 2.74. The zero-order valence-electron chi connectivity index (χ0n) is 14.8. The third-order valence-corrected chi connectivity index (χ3v) is 6.61. The third-order valence-electron chi connectivity index (χ3n) is 5.31. The molecule has 21 heavy (non-hydrogen) atoms. The molecule has 0 bridgehead atoms. The second-order valence-electron chi connectivity index (χ2n) is 8.12. The molecule has 0 aromatic heterocycles. The van der Waals surface area contributed by atoms with Gasteiger partial charge in [0.25, 0.3) is 0 Å². The van der Waals surface area contributed by atoms with Crippen molar-refractivity contribution in [1.29, 1.82) is 0 Å². The predicted octanol–water partition coefficient (Wildman–Crippen LogP) is 3.86. The van der Waals surface area contributed by atoms with Gasteiger partial charge >= 0.3 is 0 Å². The Hall–Kier alpha value is 0.270. The lowest BCUT2D eigenvalue weighted by atomic mass is 9.72. The van der Waals surface area contributed by atoms with Crippen LogP contribution in [0.1, 0.15) is 53.9 Å². The van der Waals surface area contributed by atoms with Crippen molar-refractivity contribution in [2.75, 3.05) is 31.9 Å². The average Bonchev–Trinajstić information content (AvgIpc) is 2.38. The Bertz CT molecular complexity index is 318. The minimum Gasteiger partial charge on any atom is -0.314 e. The first-order valence-corrected chi connectivity index (χ1v) is 9.99. The van der Waals surface area contributed by atoms with Crippen LogP contribution in [0.4, 0.5) is 0 Å². The largest absolute Gasteiger partial charge is 0.314 e. The fourth-order valence-corrected chi connectivity index (χ4v) is 5.53. The van der Waals surface area contributed by atoms with E-state index in [9.17, 15) is 0 Å². The molecular weight excluding hydrogens is 276 g/mol. The molecule has 1 aliphatic carbocycles. The molecule has 0 aromatic carbocycles. The van der Waals surface area contributed by atoms with E-state index in [4.69, 9.17) is 0 Å². The van der Waals surface area contributed by atoms with Gasteiger partial charge in [-0.15, -0.1) is 0 Å². The van der Waals surface area contributed by atoms with Gasteiger partial charge in [0.05, 0.1) is 0 Å². The molecular formula is C18H36N2S. The molecule has 1 aliphatic heterocycles.